The van der Waals surface area contributed by atoms with Crippen LogP contribution in [0.15, 0.2) is 47.0 Å². The van der Waals surface area contributed by atoms with E-state index < -0.39 is 0 Å². The maximum atomic E-state index is 5.66. The second-order valence-corrected chi connectivity index (χ2v) is 5.46. The highest BCUT2D eigenvalue weighted by Crippen LogP contribution is 2.23. The van der Waals surface area contributed by atoms with Crippen LogP contribution in [0.25, 0.3) is 11.5 Å². The summed E-state index contributed by atoms with van der Waals surface area (Å²) in [7, 11) is 1.69. The Morgan fingerprint density at radius 3 is 2.96 bits per heavy atom. The number of nitrogens with one attached hydrogen (secondary N) is 2. The van der Waals surface area contributed by atoms with Crippen LogP contribution >= 0.6 is 0 Å². The van der Waals surface area contributed by atoms with E-state index in [0.717, 1.165) is 48.0 Å². The van der Waals surface area contributed by atoms with E-state index in [0.29, 0.717) is 0 Å². The van der Waals surface area contributed by atoms with Crippen molar-refractivity contribution in [3.05, 3.63) is 59.5 Å². The Morgan fingerprint density at radius 1 is 1.26 bits per heavy atom. The first-order valence-corrected chi connectivity index (χ1v) is 7.69. The van der Waals surface area contributed by atoms with Crippen LogP contribution in [-0.2, 0) is 13.0 Å². The summed E-state index contributed by atoms with van der Waals surface area (Å²) in [5.41, 5.74) is 3.29. The maximum absolute atomic E-state index is 5.66. The number of rotatable bonds is 7. The van der Waals surface area contributed by atoms with Crippen molar-refractivity contribution in [2.75, 3.05) is 13.7 Å². The lowest BCUT2D eigenvalue weighted by Gasteiger charge is -2.06. The minimum absolute atomic E-state index is 0.746. The molecule has 0 aliphatic heterocycles. The largest absolute Gasteiger partial charge is 0.497 e. The molecule has 0 amide bonds. The minimum atomic E-state index is 0.746. The third-order valence-electron chi connectivity index (χ3n) is 3.74. The predicted molar refractivity (Wildman–Crippen MR) is 89.4 cm³/mol. The lowest BCUT2D eigenvalue weighted by Crippen LogP contribution is -2.16. The fourth-order valence-corrected chi connectivity index (χ4v) is 2.51. The standard InChI is InChI=1S/C18H21N3O2/c1-13-6-7-17(23-13)18-15(12-20-21-18)11-19-9-8-14-4-3-5-16(10-14)22-2/h3-7,10,12,19H,8-9,11H2,1-2H3,(H,20,21). The van der Waals surface area contributed by atoms with Gasteiger partial charge < -0.3 is 14.5 Å². The van der Waals surface area contributed by atoms with E-state index in [1.54, 1.807) is 7.11 Å². The first kappa shape index (κ1) is 15.4. The van der Waals surface area contributed by atoms with E-state index in [-0.39, 0.29) is 0 Å². The molecule has 5 nitrogen and oxygen atoms in total. The van der Waals surface area contributed by atoms with Crippen LogP contribution in [0.2, 0.25) is 0 Å². The maximum Gasteiger partial charge on any atom is 0.152 e. The molecule has 0 bridgehead atoms. The fourth-order valence-electron chi connectivity index (χ4n) is 2.51. The third kappa shape index (κ3) is 3.81. The van der Waals surface area contributed by atoms with Gasteiger partial charge in [0.15, 0.2) is 5.76 Å². The van der Waals surface area contributed by atoms with Crippen molar-refractivity contribution in [3.8, 4) is 17.2 Å². The molecule has 0 atom stereocenters. The zero-order valence-electron chi connectivity index (χ0n) is 13.4. The monoisotopic (exact) mass is 311 g/mol. The Hall–Kier alpha value is -2.53. The zero-order chi connectivity index (χ0) is 16.1. The van der Waals surface area contributed by atoms with Crippen LogP contribution in [0.3, 0.4) is 0 Å². The van der Waals surface area contributed by atoms with Gasteiger partial charge >= 0.3 is 0 Å². The first-order valence-electron chi connectivity index (χ1n) is 7.69. The summed E-state index contributed by atoms with van der Waals surface area (Å²) in [4.78, 5) is 0. The zero-order valence-corrected chi connectivity index (χ0v) is 13.4. The van der Waals surface area contributed by atoms with E-state index in [1.165, 1.54) is 5.56 Å². The van der Waals surface area contributed by atoms with Crippen molar-refractivity contribution >= 4 is 0 Å². The number of furan rings is 1. The van der Waals surface area contributed by atoms with Gasteiger partial charge in [-0.2, -0.15) is 5.10 Å². The van der Waals surface area contributed by atoms with E-state index in [9.17, 15) is 0 Å². The number of aromatic nitrogens is 2. The number of ether oxygens (including phenoxy) is 1. The fraction of sp³-hybridized carbons (Fsp3) is 0.278. The van der Waals surface area contributed by atoms with Crippen molar-refractivity contribution in [2.45, 2.75) is 19.9 Å². The summed E-state index contributed by atoms with van der Waals surface area (Å²) in [5, 5.41) is 10.6. The van der Waals surface area contributed by atoms with Crippen LogP contribution in [0.1, 0.15) is 16.9 Å². The topological polar surface area (TPSA) is 63.1 Å². The van der Waals surface area contributed by atoms with E-state index in [2.05, 4.69) is 27.6 Å². The highest BCUT2D eigenvalue weighted by Gasteiger charge is 2.10. The molecule has 0 radical (unpaired) electrons. The van der Waals surface area contributed by atoms with Gasteiger partial charge in [0.1, 0.15) is 17.2 Å². The number of benzene rings is 1. The van der Waals surface area contributed by atoms with Gasteiger partial charge in [-0.25, -0.2) is 0 Å². The minimum Gasteiger partial charge on any atom is -0.497 e. The SMILES string of the molecule is COc1cccc(CCNCc2cn[nH]c2-c2ccc(C)o2)c1. The molecule has 0 saturated carbocycles. The molecule has 3 aromatic rings. The lowest BCUT2D eigenvalue weighted by atomic mass is 10.1. The van der Waals surface area contributed by atoms with Gasteiger partial charge in [0.05, 0.1) is 13.3 Å². The first-order chi connectivity index (χ1) is 11.3. The Bertz CT molecular complexity index is 761. The van der Waals surface area contributed by atoms with Gasteiger partial charge in [-0.1, -0.05) is 12.1 Å². The molecule has 2 N–H and O–H groups in total. The molecule has 5 heteroatoms. The molecular weight excluding hydrogens is 290 g/mol. The van der Waals surface area contributed by atoms with E-state index >= 15 is 0 Å². The number of nitrogens with zero attached hydrogens (tertiary/aromatic N) is 1. The van der Waals surface area contributed by atoms with E-state index in [1.807, 2.05) is 37.4 Å². The summed E-state index contributed by atoms with van der Waals surface area (Å²) >= 11 is 0. The number of methoxy groups -OCH3 is 1. The second-order valence-electron chi connectivity index (χ2n) is 5.46. The van der Waals surface area contributed by atoms with Gasteiger partial charge in [-0.3, -0.25) is 5.10 Å². The molecule has 23 heavy (non-hydrogen) atoms. The molecule has 0 fully saturated rings. The Labute approximate surface area is 135 Å². The van der Waals surface area contributed by atoms with Crippen molar-refractivity contribution in [3.63, 3.8) is 0 Å². The number of hydrogen-bond acceptors (Lipinski definition) is 4. The molecule has 120 valence electrons. The Balaban J connectivity index is 1.54. The molecule has 3 rings (SSSR count). The molecule has 0 aliphatic rings. The third-order valence-corrected chi connectivity index (χ3v) is 3.74. The summed E-state index contributed by atoms with van der Waals surface area (Å²) < 4.78 is 10.9. The van der Waals surface area contributed by atoms with E-state index in [4.69, 9.17) is 9.15 Å². The van der Waals surface area contributed by atoms with Gasteiger partial charge in [0.25, 0.3) is 0 Å². The molecule has 0 spiro atoms. The number of aromatic amines is 1. The van der Waals surface area contributed by atoms with Crippen molar-refractivity contribution in [1.82, 2.24) is 15.5 Å². The van der Waals surface area contributed by atoms with Crippen LogP contribution in [0, 0.1) is 6.92 Å². The average Bonchev–Trinajstić information content (AvgIpc) is 3.20. The molecule has 1 aromatic carbocycles. The molecular formula is C18H21N3O2. The predicted octanol–water partition coefficient (Wildman–Crippen LogP) is 3.32. The van der Waals surface area contributed by atoms with Crippen molar-refractivity contribution in [1.29, 1.82) is 0 Å². The average molecular weight is 311 g/mol. The number of H-pyrrole nitrogens is 1. The van der Waals surface area contributed by atoms with Crippen LogP contribution in [0.4, 0.5) is 0 Å². The second kappa shape index (κ2) is 7.15. The number of aryl methyl sites for hydroxylation is 1. The van der Waals surface area contributed by atoms with Gasteiger partial charge in [-0.05, 0) is 49.7 Å². The summed E-state index contributed by atoms with van der Waals surface area (Å²) in [6.07, 6.45) is 2.79. The van der Waals surface area contributed by atoms with Crippen molar-refractivity contribution < 1.29 is 9.15 Å². The normalized spacial score (nSPS) is 10.9. The molecule has 2 aromatic heterocycles. The summed E-state index contributed by atoms with van der Waals surface area (Å²) in [6.45, 7) is 3.57. The molecule has 0 aliphatic carbocycles. The molecule has 2 heterocycles. The molecule has 0 unspecified atom stereocenters. The van der Waals surface area contributed by atoms with Crippen LogP contribution in [0.5, 0.6) is 5.75 Å². The summed E-state index contributed by atoms with van der Waals surface area (Å²) in [5.74, 6) is 2.61. The van der Waals surface area contributed by atoms with Gasteiger partial charge in [-0.15, -0.1) is 0 Å². The van der Waals surface area contributed by atoms with Crippen molar-refractivity contribution in [2.24, 2.45) is 0 Å². The van der Waals surface area contributed by atoms with Crippen LogP contribution < -0.4 is 10.1 Å². The summed E-state index contributed by atoms with van der Waals surface area (Å²) in [6, 6.07) is 12.1. The number of hydrogen-bond donors (Lipinski definition) is 2. The van der Waals surface area contributed by atoms with Gasteiger partial charge in [0, 0.05) is 12.1 Å². The Morgan fingerprint density at radius 2 is 2.17 bits per heavy atom. The quantitative estimate of drug-likeness (QED) is 0.657. The van der Waals surface area contributed by atoms with Crippen LogP contribution in [-0.4, -0.2) is 23.9 Å². The highest BCUT2D eigenvalue weighted by molar-refractivity contribution is 5.56. The van der Waals surface area contributed by atoms with Gasteiger partial charge in [0.2, 0.25) is 0 Å². The highest BCUT2D eigenvalue weighted by atomic mass is 16.5. The smallest absolute Gasteiger partial charge is 0.152 e. The molecule has 0 saturated heterocycles. The lowest BCUT2D eigenvalue weighted by molar-refractivity contribution is 0.414. The Kier molecular flexibility index (Phi) is 4.78.